The Labute approximate surface area is 121 Å². The van der Waals surface area contributed by atoms with E-state index in [-0.39, 0.29) is 5.66 Å². The van der Waals surface area contributed by atoms with Gasteiger partial charge >= 0.3 is 7.60 Å². The zero-order chi connectivity index (χ0) is 14.6. The van der Waals surface area contributed by atoms with Crippen molar-refractivity contribution in [1.82, 2.24) is 0 Å². The van der Waals surface area contributed by atoms with Crippen LogP contribution in [0.4, 0.5) is 5.69 Å². The maximum atomic E-state index is 12.8. The molecule has 4 nitrogen and oxygen atoms in total. The van der Waals surface area contributed by atoms with Crippen molar-refractivity contribution in [3.63, 3.8) is 0 Å². The fourth-order valence-corrected chi connectivity index (χ4v) is 4.33. The average Bonchev–Trinajstić information content (AvgIpc) is 2.46. The topological polar surface area (TPSA) is 47.6 Å². The Morgan fingerprint density at radius 1 is 1.30 bits per heavy atom. The van der Waals surface area contributed by atoms with E-state index < -0.39 is 7.60 Å². The van der Waals surface area contributed by atoms with E-state index in [0.29, 0.717) is 13.2 Å². The predicted molar refractivity (Wildman–Crippen MR) is 82.5 cm³/mol. The zero-order valence-electron chi connectivity index (χ0n) is 12.5. The lowest BCUT2D eigenvalue weighted by Gasteiger charge is -2.25. The molecule has 0 spiro atoms. The fourth-order valence-electron chi connectivity index (χ4n) is 2.56. The van der Waals surface area contributed by atoms with Crippen molar-refractivity contribution in [2.45, 2.75) is 39.3 Å². The molecule has 1 unspecified atom stereocenters. The lowest BCUT2D eigenvalue weighted by Crippen LogP contribution is -2.12. The van der Waals surface area contributed by atoms with Crippen LogP contribution < -0.4 is 5.32 Å². The molecule has 20 heavy (non-hydrogen) atoms. The molecule has 2 rings (SSSR count). The lowest BCUT2D eigenvalue weighted by atomic mass is 10.00. The normalized spacial score (nSPS) is 16.4. The summed E-state index contributed by atoms with van der Waals surface area (Å²) in [6.07, 6.45) is 2.20. The zero-order valence-corrected chi connectivity index (χ0v) is 13.4. The minimum atomic E-state index is -3.09. The minimum Gasteiger partial charge on any atom is -0.385 e. The second-order valence-electron chi connectivity index (χ2n) is 5.00. The molecular weight excluding hydrogens is 273 g/mol. The number of rotatable bonds is 6. The van der Waals surface area contributed by atoms with E-state index in [0.717, 1.165) is 24.9 Å². The van der Waals surface area contributed by atoms with E-state index in [1.807, 2.05) is 26.8 Å². The van der Waals surface area contributed by atoms with Crippen LogP contribution in [0, 0.1) is 0 Å². The molecule has 1 aliphatic rings. The van der Waals surface area contributed by atoms with E-state index in [1.54, 1.807) is 0 Å². The van der Waals surface area contributed by atoms with Crippen LogP contribution in [0.25, 0.3) is 0 Å². The number of hydrogen-bond acceptors (Lipinski definition) is 4. The Kier molecular flexibility index (Phi) is 5.25. The number of benzene rings is 1. The largest absolute Gasteiger partial charge is 0.385 e. The number of nitrogens with one attached hydrogen (secondary N) is 1. The summed E-state index contributed by atoms with van der Waals surface area (Å²) in [5, 5.41) is 3.39. The summed E-state index contributed by atoms with van der Waals surface area (Å²) < 4.78 is 23.7. The van der Waals surface area contributed by atoms with Gasteiger partial charge in [0.1, 0.15) is 0 Å². The van der Waals surface area contributed by atoms with Crippen molar-refractivity contribution in [3.8, 4) is 0 Å². The molecule has 0 bridgehead atoms. The van der Waals surface area contributed by atoms with Gasteiger partial charge in [0, 0.05) is 12.2 Å². The van der Waals surface area contributed by atoms with Crippen molar-refractivity contribution in [1.29, 1.82) is 0 Å². The third-order valence-electron chi connectivity index (χ3n) is 3.64. The second-order valence-corrected chi connectivity index (χ2v) is 7.37. The van der Waals surface area contributed by atoms with Crippen LogP contribution in [0.1, 0.15) is 44.0 Å². The first-order valence-electron chi connectivity index (χ1n) is 7.36. The third-order valence-corrected chi connectivity index (χ3v) is 6.13. The van der Waals surface area contributed by atoms with Gasteiger partial charge in [-0.15, -0.1) is 0 Å². The molecule has 0 aliphatic carbocycles. The van der Waals surface area contributed by atoms with Crippen molar-refractivity contribution in [2.75, 3.05) is 25.1 Å². The molecule has 112 valence electrons. The van der Waals surface area contributed by atoms with Gasteiger partial charge in [0.25, 0.3) is 0 Å². The molecule has 5 heteroatoms. The van der Waals surface area contributed by atoms with Crippen LogP contribution in [0.3, 0.4) is 0 Å². The quantitative estimate of drug-likeness (QED) is 0.792. The van der Waals surface area contributed by atoms with E-state index in [4.69, 9.17) is 9.05 Å². The summed E-state index contributed by atoms with van der Waals surface area (Å²) in [5.74, 6) is 0. The Hall–Kier alpha value is -0.830. The summed E-state index contributed by atoms with van der Waals surface area (Å²) in [6.45, 7) is 7.43. The molecule has 0 saturated heterocycles. The molecule has 1 N–H and O–H groups in total. The van der Waals surface area contributed by atoms with Gasteiger partial charge in [0.15, 0.2) is 0 Å². The van der Waals surface area contributed by atoms with E-state index >= 15 is 0 Å². The van der Waals surface area contributed by atoms with E-state index in [1.165, 1.54) is 11.3 Å². The molecule has 1 aliphatic heterocycles. The van der Waals surface area contributed by atoms with E-state index in [2.05, 4.69) is 17.4 Å². The molecule has 0 fully saturated rings. The summed E-state index contributed by atoms with van der Waals surface area (Å²) >= 11 is 0. The highest BCUT2D eigenvalue weighted by atomic mass is 31.2. The van der Waals surface area contributed by atoms with Gasteiger partial charge in [0.2, 0.25) is 0 Å². The fraction of sp³-hybridized carbons (Fsp3) is 0.600. The third kappa shape index (κ3) is 3.25. The van der Waals surface area contributed by atoms with Crippen LogP contribution in [0.2, 0.25) is 0 Å². The van der Waals surface area contributed by atoms with Gasteiger partial charge in [-0.1, -0.05) is 12.1 Å². The number of hydrogen-bond donors (Lipinski definition) is 1. The van der Waals surface area contributed by atoms with E-state index in [9.17, 15) is 4.57 Å². The molecule has 1 atom stereocenters. The summed E-state index contributed by atoms with van der Waals surface area (Å²) in [4.78, 5) is 0. The molecule has 0 saturated carbocycles. The molecule has 1 aromatic rings. The molecular formula is C15H24NO3P. The average molecular weight is 297 g/mol. The van der Waals surface area contributed by atoms with Crippen LogP contribution >= 0.6 is 7.60 Å². The SMILES string of the molecule is CCOP(=O)(OCC)C(C)c1ccc2c(c1)CCCN2. The van der Waals surface area contributed by atoms with Gasteiger partial charge in [0.05, 0.1) is 18.9 Å². The van der Waals surface area contributed by atoms with Crippen LogP contribution in [-0.2, 0) is 20.0 Å². The van der Waals surface area contributed by atoms with Gasteiger partial charge in [-0.25, -0.2) is 0 Å². The predicted octanol–water partition coefficient (Wildman–Crippen LogP) is 4.37. The minimum absolute atomic E-state index is 0.241. The van der Waals surface area contributed by atoms with Crippen molar-refractivity contribution in [2.24, 2.45) is 0 Å². The van der Waals surface area contributed by atoms with Crippen LogP contribution in [-0.4, -0.2) is 19.8 Å². The van der Waals surface area contributed by atoms with Gasteiger partial charge in [-0.2, -0.15) is 0 Å². The standard InChI is InChI=1S/C15H24NO3P/c1-4-18-20(17,19-5-2)12(3)13-8-9-15-14(11-13)7-6-10-16-15/h8-9,11-12,16H,4-7,10H2,1-3H3. The van der Waals surface area contributed by atoms with Gasteiger partial charge in [-0.05, 0) is 50.8 Å². The first-order chi connectivity index (χ1) is 9.60. The van der Waals surface area contributed by atoms with Crippen molar-refractivity contribution in [3.05, 3.63) is 29.3 Å². The van der Waals surface area contributed by atoms with Crippen LogP contribution in [0.15, 0.2) is 18.2 Å². The van der Waals surface area contributed by atoms with Crippen molar-refractivity contribution >= 4 is 13.3 Å². The van der Waals surface area contributed by atoms with Gasteiger partial charge < -0.3 is 14.4 Å². The highest BCUT2D eigenvalue weighted by Crippen LogP contribution is 2.60. The molecule has 0 radical (unpaired) electrons. The Bertz CT molecular complexity index is 494. The Morgan fingerprint density at radius 2 is 2.00 bits per heavy atom. The maximum Gasteiger partial charge on any atom is 0.337 e. The molecule has 0 amide bonds. The van der Waals surface area contributed by atoms with Crippen molar-refractivity contribution < 1.29 is 13.6 Å². The Morgan fingerprint density at radius 3 is 2.65 bits per heavy atom. The number of aryl methyl sites for hydroxylation is 1. The first kappa shape index (κ1) is 15.6. The van der Waals surface area contributed by atoms with Gasteiger partial charge in [-0.3, -0.25) is 4.57 Å². The highest BCUT2D eigenvalue weighted by Gasteiger charge is 2.33. The monoisotopic (exact) mass is 297 g/mol. The molecule has 0 aromatic heterocycles. The summed E-state index contributed by atoms with van der Waals surface area (Å²) in [6, 6.07) is 6.23. The summed E-state index contributed by atoms with van der Waals surface area (Å²) in [7, 11) is -3.09. The summed E-state index contributed by atoms with van der Waals surface area (Å²) in [5.41, 5.74) is 3.27. The van der Waals surface area contributed by atoms with Crippen LogP contribution in [0.5, 0.6) is 0 Å². The smallest absolute Gasteiger partial charge is 0.337 e. The lowest BCUT2D eigenvalue weighted by molar-refractivity contribution is 0.213. The highest BCUT2D eigenvalue weighted by molar-refractivity contribution is 7.54. The first-order valence-corrected chi connectivity index (χ1v) is 8.97. The number of fused-ring (bicyclic) bond motifs is 1. The molecule has 1 aromatic carbocycles. The molecule has 1 heterocycles. The maximum absolute atomic E-state index is 12.8. The Balaban J connectivity index is 2.27. The second kappa shape index (κ2) is 6.75. The number of anilines is 1.